The smallest absolute Gasteiger partial charge is 0.328 e. The van der Waals surface area contributed by atoms with Gasteiger partial charge in [-0.05, 0) is 24.1 Å². The molecule has 0 fully saturated rings. The van der Waals surface area contributed by atoms with Gasteiger partial charge in [-0.15, -0.1) is 6.58 Å². The summed E-state index contributed by atoms with van der Waals surface area (Å²) >= 11 is 3.40. The van der Waals surface area contributed by atoms with Crippen molar-refractivity contribution in [2.45, 2.75) is 19.4 Å². The molecule has 1 unspecified atom stereocenters. The van der Waals surface area contributed by atoms with Gasteiger partial charge in [-0.25, -0.2) is 4.79 Å². The lowest BCUT2D eigenvalue weighted by atomic mass is 10.1. The van der Waals surface area contributed by atoms with E-state index in [1.165, 1.54) is 6.08 Å². The summed E-state index contributed by atoms with van der Waals surface area (Å²) in [5.74, 6) is -1.49. The highest BCUT2D eigenvalue weighted by atomic mass is 79.9. The lowest BCUT2D eigenvalue weighted by Crippen LogP contribution is -2.44. The van der Waals surface area contributed by atoms with Crippen molar-refractivity contribution in [1.29, 1.82) is 0 Å². The van der Waals surface area contributed by atoms with Crippen molar-refractivity contribution in [2.24, 2.45) is 0 Å². The number of ether oxygens (including phenoxy) is 1. The van der Waals surface area contributed by atoms with Crippen molar-refractivity contribution < 1.29 is 19.4 Å². The zero-order chi connectivity index (χ0) is 15.8. The molecule has 0 heterocycles. The zero-order valence-electron chi connectivity index (χ0n) is 11.8. The molecule has 0 saturated carbocycles. The van der Waals surface area contributed by atoms with Crippen LogP contribution in [-0.4, -0.2) is 36.2 Å². The number of nitrogens with one attached hydrogen (secondary N) is 1. The number of hydrogen-bond donors (Lipinski definition) is 2. The number of halogens is 1. The van der Waals surface area contributed by atoms with E-state index in [1.54, 1.807) is 0 Å². The van der Waals surface area contributed by atoms with Crippen LogP contribution in [0.25, 0.3) is 0 Å². The van der Waals surface area contributed by atoms with E-state index in [4.69, 9.17) is 9.84 Å². The maximum atomic E-state index is 11.9. The van der Waals surface area contributed by atoms with E-state index >= 15 is 0 Å². The third-order valence-electron chi connectivity index (χ3n) is 2.75. The molecule has 1 rings (SSSR count). The molecule has 1 amide bonds. The average molecular weight is 356 g/mol. The third-order valence-corrected chi connectivity index (χ3v) is 3.61. The van der Waals surface area contributed by atoms with Crippen molar-refractivity contribution in [2.75, 3.05) is 13.2 Å². The largest absolute Gasteiger partial charge is 0.480 e. The van der Waals surface area contributed by atoms with E-state index in [0.29, 0.717) is 0 Å². The molecule has 0 aliphatic heterocycles. The fourth-order valence-electron chi connectivity index (χ4n) is 1.62. The van der Waals surface area contributed by atoms with Crippen LogP contribution in [0.4, 0.5) is 0 Å². The highest BCUT2D eigenvalue weighted by Crippen LogP contribution is 2.17. The van der Waals surface area contributed by atoms with Gasteiger partial charge in [0.15, 0.2) is 6.04 Å². The van der Waals surface area contributed by atoms with E-state index < -0.39 is 12.0 Å². The number of carboxylic acids is 1. The van der Waals surface area contributed by atoms with Gasteiger partial charge in [-0.3, -0.25) is 4.79 Å². The summed E-state index contributed by atoms with van der Waals surface area (Å²) in [6.07, 6.45) is 1.63. The number of benzene rings is 1. The van der Waals surface area contributed by atoms with Crippen molar-refractivity contribution in [3.8, 4) is 0 Å². The maximum Gasteiger partial charge on any atom is 0.328 e. The first kappa shape index (κ1) is 17.4. The van der Waals surface area contributed by atoms with Gasteiger partial charge in [0, 0.05) is 4.47 Å². The number of rotatable bonds is 8. The van der Waals surface area contributed by atoms with Crippen LogP contribution < -0.4 is 5.32 Å². The normalized spacial score (nSPS) is 11.7. The predicted octanol–water partition coefficient (Wildman–Crippen LogP) is 2.07. The molecule has 1 aromatic carbocycles. The number of hydrogen-bond acceptors (Lipinski definition) is 3. The van der Waals surface area contributed by atoms with Crippen LogP contribution in [0.1, 0.15) is 11.1 Å². The predicted molar refractivity (Wildman–Crippen MR) is 83.2 cm³/mol. The van der Waals surface area contributed by atoms with E-state index in [0.717, 1.165) is 15.6 Å². The molecule has 0 radical (unpaired) electrons. The molecule has 0 bridgehead atoms. The minimum atomic E-state index is -1.13. The van der Waals surface area contributed by atoms with E-state index in [2.05, 4.69) is 27.8 Å². The summed E-state index contributed by atoms with van der Waals surface area (Å²) in [5, 5.41) is 11.5. The Labute approximate surface area is 132 Å². The molecule has 0 aliphatic carbocycles. The molecule has 0 spiro atoms. The summed E-state index contributed by atoms with van der Waals surface area (Å²) in [7, 11) is 0. The lowest BCUT2D eigenvalue weighted by Gasteiger charge is -2.14. The third kappa shape index (κ3) is 6.10. The first-order valence-corrected chi connectivity index (χ1v) is 7.19. The van der Waals surface area contributed by atoms with Crippen LogP contribution in [0.5, 0.6) is 0 Å². The molecule has 21 heavy (non-hydrogen) atoms. The van der Waals surface area contributed by atoms with Crippen LogP contribution in [-0.2, 0) is 20.7 Å². The Bertz CT molecular complexity index is 530. The summed E-state index contributed by atoms with van der Waals surface area (Å²) in [6, 6.07) is 4.52. The molecule has 1 atom stereocenters. The Balaban J connectivity index is 2.58. The van der Waals surface area contributed by atoms with Gasteiger partial charge in [0.2, 0.25) is 5.91 Å². The number of carboxylic acid groups (broad SMARTS) is 1. The Kier molecular flexibility index (Phi) is 7.11. The second kappa shape index (κ2) is 8.59. The second-order valence-corrected chi connectivity index (χ2v) is 5.40. The van der Waals surface area contributed by atoms with Crippen LogP contribution in [0, 0.1) is 6.92 Å². The van der Waals surface area contributed by atoms with Crippen LogP contribution >= 0.6 is 15.9 Å². The topological polar surface area (TPSA) is 75.6 Å². The molecule has 0 aliphatic rings. The monoisotopic (exact) mass is 355 g/mol. The second-order valence-electron chi connectivity index (χ2n) is 4.54. The zero-order valence-corrected chi connectivity index (χ0v) is 13.4. The average Bonchev–Trinajstić information content (AvgIpc) is 2.42. The van der Waals surface area contributed by atoms with E-state index in [1.807, 2.05) is 25.1 Å². The molecule has 6 heteroatoms. The van der Waals surface area contributed by atoms with Crippen molar-refractivity contribution >= 4 is 27.8 Å². The summed E-state index contributed by atoms with van der Waals surface area (Å²) in [4.78, 5) is 22.9. The number of amides is 1. The van der Waals surface area contributed by atoms with Crippen LogP contribution in [0.3, 0.4) is 0 Å². The van der Waals surface area contributed by atoms with E-state index in [9.17, 15) is 9.59 Å². The number of carbonyl (C=O) groups is 2. The first-order valence-electron chi connectivity index (χ1n) is 6.40. The Hall–Kier alpha value is -1.66. The van der Waals surface area contributed by atoms with Gasteiger partial charge >= 0.3 is 5.97 Å². The standard InChI is InChI=1S/C15H18BrNO4/c1-3-6-21-9-13(15(19)20)17-14(18)8-11-5-4-10(2)12(16)7-11/h3-5,7,13H,1,6,8-9H2,2H3,(H,17,18)(H,19,20). The van der Waals surface area contributed by atoms with Crippen LogP contribution in [0.15, 0.2) is 35.3 Å². The van der Waals surface area contributed by atoms with Crippen LogP contribution in [0.2, 0.25) is 0 Å². The molecule has 114 valence electrons. The fourth-order valence-corrected chi connectivity index (χ4v) is 2.05. The van der Waals surface area contributed by atoms with Gasteiger partial charge in [0.1, 0.15) is 0 Å². The molecule has 0 saturated heterocycles. The quantitative estimate of drug-likeness (QED) is 0.552. The summed E-state index contributed by atoms with van der Waals surface area (Å²) < 4.78 is 5.98. The number of aryl methyl sites for hydroxylation is 1. The van der Waals surface area contributed by atoms with Gasteiger partial charge in [0.25, 0.3) is 0 Å². The molecule has 5 nitrogen and oxygen atoms in total. The summed E-state index contributed by atoms with van der Waals surface area (Å²) in [6.45, 7) is 5.57. The van der Waals surface area contributed by atoms with Crippen molar-refractivity contribution in [1.82, 2.24) is 5.32 Å². The molecule has 0 aromatic heterocycles. The SMILES string of the molecule is C=CCOCC(NC(=O)Cc1ccc(C)c(Br)c1)C(=O)O. The minimum Gasteiger partial charge on any atom is -0.480 e. The van der Waals surface area contributed by atoms with Gasteiger partial charge < -0.3 is 15.2 Å². The Morgan fingerprint density at radius 1 is 1.52 bits per heavy atom. The number of aliphatic carboxylic acids is 1. The Morgan fingerprint density at radius 2 is 2.24 bits per heavy atom. The van der Waals surface area contributed by atoms with E-state index in [-0.39, 0.29) is 25.5 Å². The molecule has 2 N–H and O–H groups in total. The highest BCUT2D eigenvalue weighted by molar-refractivity contribution is 9.10. The molecular weight excluding hydrogens is 338 g/mol. The van der Waals surface area contributed by atoms with Crippen molar-refractivity contribution in [3.63, 3.8) is 0 Å². The first-order chi connectivity index (χ1) is 9.93. The fraction of sp³-hybridized carbons (Fsp3) is 0.333. The molecule has 1 aromatic rings. The maximum absolute atomic E-state index is 11.9. The van der Waals surface area contributed by atoms with Gasteiger partial charge in [0.05, 0.1) is 19.6 Å². The molecular formula is C15H18BrNO4. The summed E-state index contributed by atoms with van der Waals surface area (Å²) in [5.41, 5.74) is 1.88. The Morgan fingerprint density at radius 3 is 2.81 bits per heavy atom. The van der Waals surface area contributed by atoms with Crippen molar-refractivity contribution in [3.05, 3.63) is 46.5 Å². The lowest BCUT2D eigenvalue weighted by molar-refractivity contribution is -0.143. The minimum absolute atomic E-state index is 0.0926. The van der Waals surface area contributed by atoms with Gasteiger partial charge in [-0.1, -0.05) is 34.1 Å². The highest BCUT2D eigenvalue weighted by Gasteiger charge is 2.20. The van der Waals surface area contributed by atoms with Gasteiger partial charge in [-0.2, -0.15) is 0 Å². The number of carbonyl (C=O) groups excluding carboxylic acids is 1.